The zero-order valence-electron chi connectivity index (χ0n) is 8.10. The molecule has 2 heterocycles. The molecule has 0 atom stereocenters. The molecular formula is C10H13N3O. The van der Waals surface area contributed by atoms with Crippen molar-refractivity contribution in [1.29, 1.82) is 0 Å². The van der Waals surface area contributed by atoms with Gasteiger partial charge in [-0.25, -0.2) is 0 Å². The van der Waals surface area contributed by atoms with E-state index in [0.29, 0.717) is 13.1 Å². The van der Waals surface area contributed by atoms with Crippen LogP contribution in [0.1, 0.15) is 17.1 Å². The smallest absolute Gasteiger partial charge is 0.156 e. The lowest BCUT2D eigenvalue weighted by Crippen LogP contribution is -2.06. The topological polar surface area (TPSA) is 57.0 Å². The molecule has 2 aromatic rings. The number of hydrogen-bond donors (Lipinski definition) is 1. The van der Waals surface area contributed by atoms with Crippen molar-refractivity contribution < 1.29 is 4.52 Å². The first kappa shape index (κ1) is 9.02. The summed E-state index contributed by atoms with van der Waals surface area (Å²) in [5, 5.41) is 3.83. The average molecular weight is 191 g/mol. The highest BCUT2D eigenvalue weighted by Crippen LogP contribution is 2.08. The quantitative estimate of drug-likeness (QED) is 0.795. The second kappa shape index (κ2) is 3.67. The van der Waals surface area contributed by atoms with Gasteiger partial charge in [-0.05, 0) is 19.1 Å². The first-order valence-electron chi connectivity index (χ1n) is 4.56. The Morgan fingerprint density at radius 2 is 2.43 bits per heavy atom. The van der Waals surface area contributed by atoms with E-state index >= 15 is 0 Å². The first-order valence-corrected chi connectivity index (χ1v) is 4.56. The molecule has 0 aliphatic carbocycles. The largest absolute Gasteiger partial charge is 0.359 e. The van der Waals surface area contributed by atoms with Crippen molar-refractivity contribution in [2.75, 3.05) is 0 Å². The Balaban J connectivity index is 2.18. The van der Waals surface area contributed by atoms with Gasteiger partial charge in [-0.3, -0.25) is 0 Å². The number of rotatable bonds is 3. The van der Waals surface area contributed by atoms with Gasteiger partial charge in [0.1, 0.15) is 0 Å². The molecule has 4 heteroatoms. The van der Waals surface area contributed by atoms with Gasteiger partial charge in [-0.1, -0.05) is 5.16 Å². The van der Waals surface area contributed by atoms with Crippen LogP contribution in [0.4, 0.5) is 0 Å². The van der Waals surface area contributed by atoms with E-state index in [9.17, 15) is 0 Å². The van der Waals surface area contributed by atoms with E-state index in [1.54, 1.807) is 0 Å². The fraction of sp³-hybridized carbons (Fsp3) is 0.300. The molecule has 0 aliphatic rings. The summed E-state index contributed by atoms with van der Waals surface area (Å²) >= 11 is 0. The van der Waals surface area contributed by atoms with Crippen molar-refractivity contribution in [2.24, 2.45) is 5.73 Å². The Morgan fingerprint density at radius 3 is 3.07 bits per heavy atom. The van der Waals surface area contributed by atoms with E-state index in [-0.39, 0.29) is 0 Å². The van der Waals surface area contributed by atoms with Crippen LogP contribution in [0.15, 0.2) is 28.9 Å². The van der Waals surface area contributed by atoms with Crippen LogP contribution in [-0.2, 0) is 13.1 Å². The van der Waals surface area contributed by atoms with Crippen molar-refractivity contribution in [3.8, 4) is 0 Å². The molecule has 14 heavy (non-hydrogen) atoms. The third-order valence-corrected chi connectivity index (χ3v) is 2.14. The van der Waals surface area contributed by atoms with E-state index in [0.717, 1.165) is 17.1 Å². The highest BCUT2D eigenvalue weighted by molar-refractivity contribution is 5.10. The molecule has 2 aromatic heterocycles. The van der Waals surface area contributed by atoms with Crippen LogP contribution in [0.3, 0.4) is 0 Å². The predicted molar refractivity (Wildman–Crippen MR) is 52.7 cm³/mol. The number of nitrogens with two attached hydrogens (primary N) is 1. The summed E-state index contributed by atoms with van der Waals surface area (Å²) in [6, 6.07) is 5.91. The Hall–Kier alpha value is -1.55. The first-order chi connectivity index (χ1) is 6.79. The second-order valence-electron chi connectivity index (χ2n) is 3.27. The molecule has 0 amide bonds. The Morgan fingerprint density at radius 1 is 1.57 bits per heavy atom. The number of aromatic nitrogens is 2. The average Bonchev–Trinajstić information content (AvgIpc) is 2.76. The third kappa shape index (κ3) is 1.70. The molecule has 2 N–H and O–H groups in total. The zero-order chi connectivity index (χ0) is 9.97. The SMILES string of the molecule is Cc1cc(Cn2cccc2CN)on1. The molecule has 0 unspecified atom stereocenters. The van der Waals surface area contributed by atoms with E-state index in [1.807, 2.05) is 31.3 Å². The van der Waals surface area contributed by atoms with E-state index in [1.165, 1.54) is 0 Å². The van der Waals surface area contributed by atoms with Gasteiger partial charge in [0.15, 0.2) is 5.76 Å². The van der Waals surface area contributed by atoms with Crippen LogP contribution in [0, 0.1) is 6.92 Å². The summed E-state index contributed by atoms with van der Waals surface area (Å²) in [6.07, 6.45) is 1.99. The monoisotopic (exact) mass is 191 g/mol. The zero-order valence-corrected chi connectivity index (χ0v) is 8.10. The Kier molecular flexibility index (Phi) is 2.37. The highest BCUT2D eigenvalue weighted by Gasteiger charge is 2.03. The van der Waals surface area contributed by atoms with Gasteiger partial charge in [-0.15, -0.1) is 0 Å². The summed E-state index contributed by atoms with van der Waals surface area (Å²) in [5.41, 5.74) is 7.59. The summed E-state index contributed by atoms with van der Waals surface area (Å²) < 4.78 is 7.18. The lowest BCUT2D eigenvalue weighted by molar-refractivity contribution is 0.372. The fourth-order valence-electron chi connectivity index (χ4n) is 1.45. The molecule has 0 aliphatic heterocycles. The molecule has 0 bridgehead atoms. The summed E-state index contributed by atoms with van der Waals surface area (Å²) in [7, 11) is 0. The maximum Gasteiger partial charge on any atom is 0.156 e. The Labute approximate surface area is 82.3 Å². The summed E-state index contributed by atoms with van der Waals surface area (Å²) in [4.78, 5) is 0. The van der Waals surface area contributed by atoms with E-state index in [4.69, 9.17) is 10.3 Å². The van der Waals surface area contributed by atoms with Gasteiger partial charge in [0.25, 0.3) is 0 Å². The maximum absolute atomic E-state index is 5.59. The summed E-state index contributed by atoms with van der Waals surface area (Å²) in [5.74, 6) is 0.855. The summed E-state index contributed by atoms with van der Waals surface area (Å²) in [6.45, 7) is 3.15. The van der Waals surface area contributed by atoms with Crippen LogP contribution in [0.5, 0.6) is 0 Å². The van der Waals surface area contributed by atoms with Crippen LogP contribution in [0.2, 0.25) is 0 Å². The van der Waals surface area contributed by atoms with Crippen molar-refractivity contribution >= 4 is 0 Å². The van der Waals surface area contributed by atoms with Crippen molar-refractivity contribution in [3.05, 3.63) is 41.5 Å². The van der Waals surface area contributed by atoms with Crippen molar-refractivity contribution in [3.63, 3.8) is 0 Å². The lowest BCUT2D eigenvalue weighted by Gasteiger charge is -2.03. The molecule has 0 radical (unpaired) electrons. The molecule has 0 aromatic carbocycles. The predicted octanol–water partition coefficient (Wildman–Crippen LogP) is 1.29. The maximum atomic E-state index is 5.59. The molecule has 0 fully saturated rings. The van der Waals surface area contributed by atoms with Gasteiger partial charge in [-0.2, -0.15) is 0 Å². The van der Waals surface area contributed by atoms with Crippen LogP contribution < -0.4 is 5.73 Å². The molecule has 2 rings (SSSR count). The van der Waals surface area contributed by atoms with Crippen LogP contribution >= 0.6 is 0 Å². The van der Waals surface area contributed by atoms with Crippen molar-refractivity contribution in [1.82, 2.24) is 9.72 Å². The van der Waals surface area contributed by atoms with Gasteiger partial charge in [0.05, 0.1) is 12.2 Å². The van der Waals surface area contributed by atoms with E-state index in [2.05, 4.69) is 9.72 Å². The van der Waals surface area contributed by atoms with Gasteiger partial charge in [0.2, 0.25) is 0 Å². The van der Waals surface area contributed by atoms with E-state index < -0.39 is 0 Å². The van der Waals surface area contributed by atoms with Crippen LogP contribution in [-0.4, -0.2) is 9.72 Å². The van der Waals surface area contributed by atoms with Crippen molar-refractivity contribution in [2.45, 2.75) is 20.0 Å². The van der Waals surface area contributed by atoms with Gasteiger partial charge < -0.3 is 14.8 Å². The second-order valence-corrected chi connectivity index (χ2v) is 3.27. The number of nitrogens with zero attached hydrogens (tertiary/aromatic N) is 2. The van der Waals surface area contributed by atoms with Gasteiger partial charge in [0, 0.05) is 24.5 Å². The normalized spacial score (nSPS) is 10.7. The minimum atomic E-state index is 0.542. The Bertz CT molecular complexity index is 416. The molecule has 4 nitrogen and oxygen atoms in total. The molecule has 0 spiro atoms. The molecule has 0 saturated carbocycles. The molecule has 74 valence electrons. The highest BCUT2D eigenvalue weighted by atomic mass is 16.5. The minimum Gasteiger partial charge on any atom is -0.359 e. The van der Waals surface area contributed by atoms with Crippen LogP contribution in [0.25, 0.3) is 0 Å². The molecule has 0 saturated heterocycles. The number of aryl methyl sites for hydroxylation is 1. The molecular weight excluding hydrogens is 178 g/mol. The standard InChI is InChI=1S/C10H13N3O/c1-8-5-10(14-12-8)7-13-4-2-3-9(13)6-11/h2-5H,6-7,11H2,1H3. The fourth-order valence-corrected chi connectivity index (χ4v) is 1.45. The lowest BCUT2D eigenvalue weighted by atomic mass is 10.3. The van der Waals surface area contributed by atoms with Gasteiger partial charge >= 0.3 is 0 Å². The number of hydrogen-bond acceptors (Lipinski definition) is 3. The minimum absolute atomic E-state index is 0.542. The third-order valence-electron chi connectivity index (χ3n) is 2.14.